The van der Waals surface area contributed by atoms with E-state index in [4.69, 9.17) is 9.47 Å². The number of hydrogen-bond donors (Lipinski definition) is 1. The van der Waals surface area contributed by atoms with Gasteiger partial charge < -0.3 is 19.7 Å². The van der Waals surface area contributed by atoms with Gasteiger partial charge in [0.25, 0.3) is 5.91 Å². The molecule has 8 nitrogen and oxygen atoms in total. The fourth-order valence-corrected chi connectivity index (χ4v) is 4.55. The van der Waals surface area contributed by atoms with Crippen molar-refractivity contribution in [3.05, 3.63) is 47.7 Å². The number of aromatic nitrogens is 1. The molecule has 0 unspecified atom stereocenters. The van der Waals surface area contributed by atoms with E-state index in [1.54, 1.807) is 17.2 Å². The Kier molecular flexibility index (Phi) is 5.96. The smallest absolute Gasteiger partial charge is 0.418 e. The lowest BCUT2D eigenvalue weighted by atomic mass is 9.86. The van der Waals surface area contributed by atoms with Crippen LogP contribution in [0.4, 0.5) is 9.59 Å². The van der Waals surface area contributed by atoms with Crippen LogP contribution in [0, 0.1) is 5.92 Å². The van der Waals surface area contributed by atoms with Crippen LogP contribution in [0.5, 0.6) is 0 Å². The summed E-state index contributed by atoms with van der Waals surface area (Å²) in [4.78, 5) is 40.0. The first-order chi connectivity index (χ1) is 15.8. The average Bonchev–Trinajstić information content (AvgIpc) is 3.34. The molecule has 2 atom stereocenters. The molecule has 0 aliphatic carbocycles. The number of carbonyl (C=O) groups is 3. The molecule has 1 aromatic heterocycles. The molecule has 0 bridgehead atoms. The Hall–Kier alpha value is -3.29. The number of amides is 2. The van der Waals surface area contributed by atoms with Gasteiger partial charge in [-0.1, -0.05) is 12.1 Å². The summed E-state index contributed by atoms with van der Waals surface area (Å²) < 4.78 is 12.5. The lowest BCUT2D eigenvalue weighted by Crippen LogP contribution is -2.36. The molecule has 1 aromatic carbocycles. The third kappa shape index (κ3) is 4.95. The molecule has 0 radical (unpaired) electrons. The molecule has 0 spiro atoms. The molecule has 2 amide bonds. The normalized spacial score (nSPS) is 20.2. The summed E-state index contributed by atoms with van der Waals surface area (Å²) in [5.41, 5.74) is 1.67. The van der Waals surface area contributed by atoms with Crippen molar-refractivity contribution in [3.63, 3.8) is 0 Å². The van der Waals surface area contributed by atoms with Gasteiger partial charge in [-0.15, -0.1) is 0 Å². The maximum Gasteiger partial charge on any atom is 0.418 e. The first-order valence-electron chi connectivity index (χ1n) is 11.6. The largest absolute Gasteiger partial charge is 0.444 e. The maximum absolute atomic E-state index is 13.0. The minimum absolute atomic E-state index is 0.0214. The number of fused-ring (bicyclic) bond motifs is 3. The number of ether oxygens (including phenoxy) is 2. The molecule has 8 heteroatoms. The summed E-state index contributed by atoms with van der Waals surface area (Å²) in [5.74, 6) is -0.0206. The van der Waals surface area contributed by atoms with Crippen molar-refractivity contribution in [1.82, 2.24) is 14.8 Å². The van der Waals surface area contributed by atoms with E-state index in [1.807, 2.05) is 65.8 Å². The van der Waals surface area contributed by atoms with Gasteiger partial charge >= 0.3 is 12.2 Å². The number of nitrogens with zero attached hydrogens (tertiary/aromatic N) is 2. The first kappa shape index (κ1) is 23.9. The summed E-state index contributed by atoms with van der Waals surface area (Å²) in [5, 5.41) is 3.00. The number of rotatable bonds is 1. The molecular formula is C26H33N3O5. The van der Waals surface area contributed by atoms with Gasteiger partial charge in [0.1, 0.15) is 11.2 Å². The van der Waals surface area contributed by atoms with Gasteiger partial charge in [-0.3, -0.25) is 9.36 Å². The molecule has 3 heterocycles. The fraction of sp³-hybridized carbons (Fsp3) is 0.500. The predicted octanol–water partition coefficient (Wildman–Crippen LogP) is 4.63. The quantitative estimate of drug-likeness (QED) is 0.660. The minimum atomic E-state index is -0.621. The molecular weight excluding hydrogens is 434 g/mol. The number of hydrogen-bond acceptors (Lipinski definition) is 5. The van der Waals surface area contributed by atoms with Crippen molar-refractivity contribution in [2.45, 2.75) is 58.7 Å². The number of nitrogens with one attached hydrogen (secondary N) is 1. The molecule has 4 rings (SSSR count). The second-order valence-electron chi connectivity index (χ2n) is 11.0. The standard InChI is InChI=1S/C26H33N3O5/c1-25(2,3)33-23(31)28-14-17-13-27-22(30)19-12-16(9-10-18(19)20(17)15-28)21-8-7-11-29(21)24(32)34-26(4,5)6/h7-12,17,20H,13-15H2,1-6H3,(H,27,30)/t17-,20-/m1/s1. The minimum Gasteiger partial charge on any atom is -0.444 e. The first-order valence-corrected chi connectivity index (χ1v) is 11.6. The van der Waals surface area contributed by atoms with Gasteiger partial charge in [-0.05, 0) is 70.9 Å². The van der Waals surface area contributed by atoms with E-state index in [0.29, 0.717) is 30.9 Å². The van der Waals surface area contributed by atoms with Gasteiger partial charge in [-0.2, -0.15) is 0 Å². The van der Waals surface area contributed by atoms with Crippen LogP contribution in [0.25, 0.3) is 11.3 Å². The van der Waals surface area contributed by atoms with E-state index in [0.717, 1.165) is 11.1 Å². The van der Waals surface area contributed by atoms with Crippen molar-refractivity contribution >= 4 is 18.1 Å². The Balaban J connectivity index is 1.63. The number of carbonyl (C=O) groups excluding carboxylic acids is 3. The summed E-state index contributed by atoms with van der Waals surface area (Å²) in [7, 11) is 0. The van der Waals surface area contributed by atoms with Crippen LogP contribution in [0.1, 0.15) is 63.4 Å². The zero-order valence-electron chi connectivity index (χ0n) is 20.7. The Bertz CT molecular complexity index is 1120. The zero-order valence-corrected chi connectivity index (χ0v) is 20.7. The van der Waals surface area contributed by atoms with Crippen molar-refractivity contribution in [2.75, 3.05) is 19.6 Å². The van der Waals surface area contributed by atoms with Crippen molar-refractivity contribution < 1.29 is 23.9 Å². The second kappa shape index (κ2) is 8.49. The van der Waals surface area contributed by atoms with Crippen LogP contribution < -0.4 is 5.32 Å². The molecule has 0 saturated carbocycles. The van der Waals surface area contributed by atoms with Gasteiger partial charge in [0.15, 0.2) is 0 Å². The van der Waals surface area contributed by atoms with Gasteiger partial charge in [0, 0.05) is 43.2 Å². The monoisotopic (exact) mass is 467 g/mol. The Morgan fingerprint density at radius 3 is 2.32 bits per heavy atom. The molecule has 2 aromatic rings. The Morgan fingerprint density at radius 2 is 1.65 bits per heavy atom. The van der Waals surface area contributed by atoms with Crippen LogP contribution in [0.15, 0.2) is 36.5 Å². The molecule has 1 saturated heterocycles. The highest BCUT2D eigenvalue weighted by atomic mass is 16.6. The number of likely N-dealkylation sites (tertiary alicyclic amines) is 1. The third-order valence-electron chi connectivity index (χ3n) is 5.95. The summed E-state index contributed by atoms with van der Waals surface area (Å²) in [6, 6.07) is 9.28. The topological polar surface area (TPSA) is 89.9 Å². The van der Waals surface area contributed by atoms with Crippen LogP contribution in [0.2, 0.25) is 0 Å². The van der Waals surface area contributed by atoms with Crippen molar-refractivity contribution in [3.8, 4) is 11.3 Å². The van der Waals surface area contributed by atoms with Gasteiger partial charge in [-0.25, -0.2) is 9.59 Å². The summed E-state index contributed by atoms with van der Waals surface area (Å²) >= 11 is 0. The zero-order chi connectivity index (χ0) is 24.8. The van der Waals surface area contributed by atoms with E-state index in [9.17, 15) is 14.4 Å². The molecule has 1 fully saturated rings. The van der Waals surface area contributed by atoms with Crippen LogP contribution >= 0.6 is 0 Å². The van der Waals surface area contributed by atoms with Gasteiger partial charge in [0.05, 0.1) is 5.69 Å². The van der Waals surface area contributed by atoms with E-state index >= 15 is 0 Å². The molecule has 1 N–H and O–H groups in total. The highest BCUT2D eigenvalue weighted by molar-refractivity contribution is 5.98. The van der Waals surface area contributed by atoms with Crippen LogP contribution in [-0.2, 0) is 9.47 Å². The highest BCUT2D eigenvalue weighted by Gasteiger charge is 2.41. The van der Waals surface area contributed by atoms with Crippen molar-refractivity contribution in [1.29, 1.82) is 0 Å². The maximum atomic E-state index is 13.0. The lowest BCUT2D eigenvalue weighted by Gasteiger charge is -2.24. The highest BCUT2D eigenvalue weighted by Crippen LogP contribution is 2.38. The number of benzene rings is 1. The second-order valence-corrected chi connectivity index (χ2v) is 11.0. The predicted molar refractivity (Wildman–Crippen MR) is 128 cm³/mol. The SMILES string of the molecule is CC(C)(C)OC(=O)N1C[C@H]2CNC(=O)c3cc(-c4cccn4C(=O)OC(C)(C)C)ccc3[C@@H]2C1. The van der Waals surface area contributed by atoms with E-state index in [2.05, 4.69) is 5.32 Å². The summed E-state index contributed by atoms with van der Waals surface area (Å²) in [6.45, 7) is 12.5. The molecule has 2 aliphatic rings. The Labute approximate surface area is 200 Å². The van der Waals surface area contributed by atoms with Crippen LogP contribution in [-0.4, -0.2) is 58.4 Å². The molecule has 34 heavy (non-hydrogen) atoms. The van der Waals surface area contributed by atoms with Crippen LogP contribution in [0.3, 0.4) is 0 Å². The Morgan fingerprint density at radius 1 is 0.971 bits per heavy atom. The van der Waals surface area contributed by atoms with E-state index in [1.165, 1.54) is 4.57 Å². The van der Waals surface area contributed by atoms with Gasteiger partial charge in [0.2, 0.25) is 0 Å². The summed E-state index contributed by atoms with van der Waals surface area (Å²) in [6.07, 6.45) is 0.844. The average molecular weight is 468 g/mol. The molecule has 182 valence electrons. The fourth-order valence-electron chi connectivity index (χ4n) is 4.55. The van der Waals surface area contributed by atoms with E-state index < -0.39 is 17.3 Å². The third-order valence-corrected chi connectivity index (χ3v) is 5.95. The molecule has 2 aliphatic heterocycles. The lowest BCUT2D eigenvalue weighted by molar-refractivity contribution is 0.0286. The van der Waals surface area contributed by atoms with E-state index in [-0.39, 0.29) is 23.8 Å². The van der Waals surface area contributed by atoms with Crippen molar-refractivity contribution in [2.24, 2.45) is 5.92 Å².